The number of tetrazole rings is 1. The van der Waals surface area contributed by atoms with Crippen molar-refractivity contribution in [1.29, 1.82) is 0 Å². The van der Waals surface area contributed by atoms with Crippen LogP contribution in [0.15, 0.2) is 46.9 Å². The number of nitrogens with one attached hydrogen (secondary N) is 1. The summed E-state index contributed by atoms with van der Waals surface area (Å²) in [6.07, 6.45) is 0. The first-order valence-electron chi connectivity index (χ1n) is 8.04. The van der Waals surface area contributed by atoms with Crippen molar-refractivity contribution in [2.45, 2.75) is 25.0 Å². The maximum absolute atomic E-state index is 12.4. The standard InChI is InChI=1S/C17H18ClN5OS2/c1-11(2)16(14-4-3-9-25-14)19-15(24)10-26-17-20-21-22-23(17)13-7-5-12(18)6-8-13/h3-9,11,16H,10H2,1-2H3,(H,19,24). The Balaban J connectivity index is 1.63. The summed E-state index contributed by atoms with van der Waals surface area (Å²) in [5, 5.41) is 18.0. The zero-order chi connectivity index (χ0) is 18.5. The Kier molecular flexibility index (Phi) is 6.29. The van der Waals surface area contributed by atoms with Gasteiger partial charge < -0.3 is 5.32 Å². The molecule has 0 aliphatic carbocycles. The molecule has 2 aromatic heterocycles. The topological polar surface area (TPSA) is 72.7 Å². The van der Waals surface area contributed by atoms with E-state index in [1.165, 1.54) is 11.8 Å². The Morgan fingerprint density at radius 2 is 2.08 bits per heavy atom. The first kappa shape index (κ1) is 18.9. The fourth-order valence-corrected chi connectivity index (χ4v) is 4.17. The van der Waals surface area contributed by atoms with Gasteiger partial charge in [-0.1, -0.05) is 43.3 Å². The van der Waals surface area contributed by atoms with Crippen LogP contribution in [0.3, 0.4) is 0 Å². The van der Waals surface area contributed by atoms with Crippen molar-refractivity contribution in [3.8, 4) is 5.69 Å². The number of halogens is 1. The highest BCUT2D eigenvalue weighted by Gasteiger charge is 2.20. The maximum Gasteiger partial charge on any atom is 0.230 e. The first-order chi connectivity index (χ1) is 12.5. The molecule has 1 unspecified atom stereocenters. The number of benzene rings is 1. The molecule has 0 saturated carbocycles. The number of hydrogen-bond acceptors (Lipinski definition) is 6. The minimum atomic E-state index is -0.0484. The Labute approximate surface area is 164 Å². The van der Waals surface area contributed by atoms with Crippen molar-refractivity contribution in [3.05, 3.63) is 51.7 Å². The van der Waals surface area contributed by atoms with E-state index in [1.807, 2.05) is 29.6 Å². The average molecular weight is 408 g/mol. The monoisotopic (exact) mass is 407 g/mol. The van der Waals surface area contributed by atoms with Crippen LogP contribution in [0.25, 0.3) is 5.69 Å². The average Bonchev–Trinajstić information content (AvgIpc) is 3.30. The molecule has 1 atom stereocenters. The molecule has 9 heteroatoms. The van der Waals surface area contributed by atoms with Gasteiger partial charge in [-0.3, -0.25) is 4.79 Å². The SMILES string of the molecule is CC(C)C(NC(=O)CSc1nnnn1-c1ccc(Cl)cc1)c1cccs1. The van der Waals surface area contributed by atoms with Gasteiger partial charge in [0.25, 0.3) is 0 Å². The number of hydrogen-bond donors (Lipinski definition) is 1. The lowest BCUT2D eigenvalue weighted by Crippen LogP contribution is -2.32. The molecule has 0 fully saturated rings. The summed E-state index contributed by atoms with van der Waals surface area (Å²) in [7, 11) is 0. The second-order valence-electron chi connectivity index (χ2n) is 5.94. The summed E-state index contributed by atoms with van der Waals surface area (Å²) in [6, 6.07) is 11.3. The first-order valence-corrected chi connectivity index (χ1v) is 10.3. The van der Waals surface area contributed by atoms with E-state index in [2.05, 4.69) is 34.7 Å². The van der Waals surface area contributed by atoms with Crippen LogP contribution >= 0.6 is 34.7 Å². The van der Waals surface area contributed by atoms with Gasteiger partial charge in [0.15, 0.2) is 0 Å². The van der Waals surface area contributed by atoms with E-state index < -0.39 is 0 Å². The van der Waals surface area contributed by atoms with Gasteiger partial charge in [-0.2, -0.15) is 4.68 Å². The molecule has 3 rings (SSSR count). The van der Waals surface area contributed by atoms with Crippen molar-refractivity contribution >= 4 is 40.6 Å². The van der Waals surface area contributed by atoms with Crippen LogP contribution in [0.1, 0.15) is 24.8 Å². The number of rotatable bonds is 7. The Hall–Kier alpha value is -1.90. The number of carbonyl (C=O) groups excluding carboxylic acids is 1. The minimum absolute atomic E-state index is 0.00959. The lowest BCUT2D eigenvalue weighted by atomic mass is 10.0. The fourth-order valence-electron chi connectivity index (χ4n) is 2.39. The summed E-state index contributed by atoms with van der Waals surface area (Å²) < 4.78 is 1.59. The van der Waals surface area contributed by atoms with Gasteiger partial charge in [-0.05, 0) is 52.1 Å². The molecule has 0 radical (unpaired) electrons. The lowest BCUT2D eigenvalue weighted by molar-refractivity contribution is -0.119. The van der Waals surface area contributed by atoms with Crippen LogP contribution in [0, 0.1) is 5.92 Å². The molecule has 0 aliphatic rings. The molecule has 136 valence electrons. The van der Waals surface area contributed by atoms with E-state index in [0.717, 1.165) is 10.6 Å². The smallest absolute Gasteiger partial charge is 0.230 e. The van der Waals surface area contributed by atoms with E-state index in [4.69, 9.17) is 11.6 Å². The third-order valence-corrected chi connectivity index (χ3v) is 5.80. The van der Waals surface area contributed by atoms with E-state index in [9.17, 15) is 4.79 Å². The van der Waals surface area contributed by atoms with Crippen molar-refractivity contribution in [2.24, 2.45) is 5.92 Å². The van der Waals surface area contributed by atoms with Gasteiger partial charge in [-0.25, -0.2) is 0 Å². The van der Waals surface area contributed by atoms with Crippen molar-refractivity contribution < 1.29 is 4.79 Å². The zero-order valence-electron chi connectivity index (χ0n) is 14.3. The predicted molar refractivity (Wildman–Crippen MR) is 105 cm³/mol. The Bertz CT molecular complexity index is 848. The molecular weight excluding hydrogens is 390 g/mol. The van der Waals surface area contributed by atoms with Crippen LogP contribution in [0.2, 0.25) is 5.02 Å². The Morgan fingerprint density at radius 3 is 2.73 bits per heavy atom. The van der Waals surface area contributed by atoms with Gasteiger partial charge in [0, 0.05) is 9.90 Å². The number of thiophene rings is 1. The molecule has 6 nitrogen and oxygen atoms in total. The van der Waals surface area contributed by atoms with Crippen LogP contribution in [-0.2, 0) is 4.79 Å². The van der Waals surface area contributed by atoms with Crippen LogP contribution in [0.4, 0.5) is 0 Å². The number of thioether (sulfide) groups is 1. The van der Waals surface area contributed by atoms with Crippen LogP contribution < -0.4 is 5.32 Å². The summed E-state index contributed by atoms with van der Waals surface area (Å²) in [4.78, 5) is 13.6. The van der Waals surface area contributed by atoms with Gasteiger partial charge in [0.2, 0.25) is 11.1 Å². The molecule has 0 spiro atoms. The molecule has 2 heterocycles. The number of amides is 1. The minimum Gasteiger partial charge on any atom is -0.347 e. The number of nitrogens with zero attached hydrogens (tertiary/aromatic N) is 4. The van der Waals surface area contributed by atoms with Crippen molar-refractivity contribution in [2.75, 3.05) is 5.75 Å². The summed E-state index contributed by atoms with van der Waals surface area (Å²) >= 11 is 8.86. The van der Waals surface area contributed by atoms with Gasteiger partial charge >= 0.3 is 0 Å². The highest BCUT2D eigenvalue weighted by atomic mass is 35.5. The van der Waals surface area contributed by atoms with E-state index in [-0.39, 0.29) is 17.7 Å². The third kappa shape index (κ3) is 4.63. The van der Waals surface area contributed by atoms with E-state index in [0.29, 0.717) is 16.1 Å². The molecule has 26 heavy (non-hydrogen) atoms. The highest BCUT2D eigenvalue weighted by Crippen LogP contribution is 2.26. The Morgan fingerprint density at radius 1 is 1.31 bits per heavy atom. The number of aromatic nitrogens is 4. The van der Waals surface area contributed by atoms with Crippen molar-refractivity contribution in [1.82, 2.24) is 25.5 Å². The zero-order valence-corrected chi connectivity index (χ0v) is 16.7. The predicted octanol–water partition coefficient (Wildman–Crippen LogP) is 3.98. The summed E-state index contributed by atoms with van der Waals surface area (Å²) in [5.41, 5.74) is 0.793. The molecule has 3 aromatic rings. The van der Waals surface area contributed by atoms with Crippen LogP contribution in [0.5, 0.6) is 0 Å². The second-order valence-corrected chi connectivity index (χ2v) is 8.30. The fraction of sp³-hybridized carbons (Fsp3) is 0.294. The van der Waals surface area contributed by atoms with Crippen molar-refractivity contribution in [3.63, 3.8) is 0 Å². The van der Waals surface area contributed by atoms with E-state index in [1.54, 1.807) is 28.2 Å². The quantitative estimate of drug-likeness (QED) is 0.599. The largest absolute Gasteiger partial charge is 0.347 e. The molecule has 1 N–H and O–H groups in total. The molecule has 0 aliphatic heterocycles. The molecule has 1 aromatic carbocycles. The van der Waals surface area contributed by atoms with Gasteiger partial charge in [0.1, 0.15) is 0 Å². The van der Waals surface area contributed by atoms with Crippen LogP contribution in [-0.4, -0.2) is 31.9 Å². The van der Waals surface area contributed by atoms with Gasteiger partial charge in [-0.15, -0.1) is 16.4 Å². The van der Waals surface area contributed by atoms with Gasteiger partial charge in [0.05, 0.1) is 17.5 Å². The molecule has 0 bridgehead atoms. The molecule has 1 amide bonds. The lowest BCUT2D eigenvalue weighted by Gasteiger charge is -2.21. The third-order valence-electron chi connectivity index (χ3n) is 3.68. The van der Waals surface area contributed by atoms with E-state index >= 15 is 0 Å². The summed E-state index contributed by atoms with van der Waals surface area (Å²) in [5.74, 6) is 0.498. The normalized spacial score (nSPS) is 12.3. The highest BCUT2D eigenvalue weighted by molar-refractivity contribution is 7.99. The second kappa shape index (κ2) is 8.66. The summed E-state index contributed by atoms with van der Waals surface area (Å²) in [6.45, 7) is 4.19. The number of carbonyl (C=O) groups is 1. The molecule has 0 saturated heterocycles. The molecular formula is C17H18ClN5OS2. The maximum atomic E-state index is 12.4.